The third-order valence-electron chi connectivity index (χ3n) is 2.73. The van der Waals surface area contributed by atoms with Crippen LogP contribution < -0.4 is 0 Å². The van der Waals surface area contributed by atoms with Crippen LogP contribution >= 0.6 is 0 Å². The minimum absolute atomic E-state index is 0.201. The Labute approximate surface area is 87.0 Å². The van der Waals surface area contributed by atoms with Crippen LogP contribution in [0.15, 0.2) is 11.8 Å². The molecule has 0 aromatic carbocycles. The molecule has 0 aliphatic heterocycles. The van der Waals surface area contributed by atoms with Crippen LogP contribution in [0.3, 0.4) is 0 Å². The molecule has 80 valence electrons. The second kappa shape index (κ2) is 5.84. The van der Waals surface area contributed by atoms with Crippen LogP contribution in [0.25, 0.3) is 0 Å². The number of nitrogens with zero attached hydrogens (tertiary/aromatic N) is 1. The minimum Gasteiger partial charge on any atom is -0.317 e. The monoisotopic (exact) mass is 195 g/mol. The van der Waals surface area contributed by atoms with Crippen LogP contribution in [0.2, 0.25) is 0 Å². The maximum atomic E-state index is 11.4. The molecule has 2 nitrogen and oxygen atoms in total. The molecule has 0 fully saturated rings. The van der Waals surface area contributed by atoms with Crippen LogP contribution in [0.4, 0.5) is 0 Å². The number of amides is 1. The Morgan fingerprint density at radius 1 is 1.50 bits per heavy atom. The fraction of sp³-hybridized carbons (Fsp3) is 0.750. The Morgan fingerprint density at radius 2 is 2.29 bits per heavy atom. The summed E-state index contributed by atoms with van der Waals surface area (Å²) in [5, 5.41) is 0. The molecule has 1 aliphatic carbocycles. The zero-order valence-corrected chi connectivity index (χ0v) is 9.38. The highest BCUT2D eigenvalue weighted by molar-refractivity contribution is 5.75. The molecule has 0 radical (unpaired) electrons. The lowest BCUT2D eigenvalue weighted by molar-refractivity contribution is -0.127. The quantitative estimate of drug-likeness (QED) is 0.675. The number of carbonyl (C=O) groups excluding carboxylic acids is 1. The lowest BCUT2D eigenvalue weighted by Crippen LogP contribution is -2.29. The van der Waals surface area contributed by atoms with Crippen molar-refractivity contribution in [3.63, 3.8) is 0 Å². The van der Waals surface area contributed by atoms with Gasteiger partial charge >= 0.3 is 0 Å². The van der Waals surface area contributed by atoms with E-state index in [2.05, 4.69) is 13.0 Å². The summed E-state index contributed by atoms with van der Waals surface area (Å²) in [5.41, 5.74) is 1.26. The molecule has 0 spiro atoms. The molecule has 0 atom stereocenters. The number of carbonyl (C=O) groups is 1. The fourth-order valence-corrected chi connectivity index (χ4v) is 1.89. The van der Waals surface area contributed by atoms with Gasteiger partial charge in [0.25, 0.3) is 0 Å². The van der Waals surface area contributed by atoms with E-state index >= 15 is 0 Å². The first kappa shape index (κ1) is 11.3. The summed E-state index contributed by atoms with van der Waals surface area (Å²) < 4.78 is 0. The molecule has 1 aliphatic rings. The van der Waals surface area contributed by atoms with Crippen molar-refractivity contribution in [3.8, 4) is 0 Å². The lowest BCUT2D eigenvalue weighted by Gasteiger charge is -2.26. The molecule has 0 N–H and O–H groups in total. The third kappa shape index (κ3) is 3.17. The topological polar surface area (TPSA) is 20.3 Å². The van der Waals surface area contributed by atoms with E-state index in [1.807, 2.05) is 4.90 Å². The summed E-state index contributed by atoms with van der Waals surface area (Å²) in [5.74, 6) is 0.201. The minimum atomic E-state index is 0.201. The summed E-state index contributed by atoms with van der Waals surface area (Å²) in [6, 6.07) is 0. The first-order valence-corrected chi connectivity index (χ1v) is 5.73. The summed E-state index contributed by atoms with van der Waals surface area (Å²) in [6.07, 6.45) is 9.24. The van der Waals surface area contributed by atoms with Gasteiger partial charge in [-0.2, -0.15) is 0 Å². The Kier molecular flexibility index (Phi) is 4.71. The van der Waals surface area contributed by atoms with Crippen LogP contribution in [-0.4, -0.2) is 17.4 Å². The van der Waals surface area contributed by atoms with Crippen molar-refractivity contribution in [1.82, 2.24) is 4.90 Å². The van der Waals surface area contributed by atoms with Gasteiger partial charge in [0.15, 0.2) is 0 Å². The second-order valence-electron chi connectivity index (χ2n) is 3.97. The number of unbranched alkanes of at least 4 members (excludes halogenated alkanes) is 1. The van der Waals surface area contributed by atoms with Gasteiger partial charge in [0.1, 0.15) is 0 Å². The van der Waals surface area contributed by atoms with Gasteiger partial charge in [-0.15, -0.1) is 0 Å². The molecular formula is C12H21NO. The van der Waals surface area contributed by atoms with Gasteiger partial charge in [-0.05, 0) is 32.1 Å². The molecule has 0 saturated carbocycles. The molecule has 2 heteroatoms. The molecule has 1 amide bonds. The van der Waals surface area contributed by atoms with E-state index in [9.17, 15) is 4.79 Å². The van der Waals surface area contributed by atoms with E-state index in [4.69, 9.17) is 0 Å². The maximum absolute atomic E-state index is 11.4. The van der Waals surface area contributed by atoms with Crippen molar-refractivity contribution >= 4 is 5.91 Å². The van der Waals surface area contributed by atoms with Crippen molar-refractivity contribution in [3.05, 3.63) is 11.8 Å². The van der Waals surface area contributed by atoms with E-state index in [1.165, 1.54) is 18.5 Å². The van der Waals surface area contributed by atoms with Crippen molar-refractivity contribution in [2.24, 2.45) is 0 Å². The van der Waals surface area contributed by atoms with E-state index < -0.39 is 0 Å². The van der Waals surface area contributed by atoms with E-state index in [0.29, 0.717) is 0 Å². The Balaban J connectivity index is 2.56. The standard InChI is InChI=1S/C12H21NO/c1-3-4-10-13(11(2)14)12-8-6-5-7-9-12/h8H,3-7,9-10H2,1-2H3. The largest absolute Gasteiger partial charge is 0.317 e. The van der Waals surface area contributed by atoms with Crippen molar-refractivity contribution in [2.75, 3.05) is 6.54 Å². The summed E-state index contributed by atoms with van der Waals surface area (Å²) >= 11 is 0. The first-order valence-electron chi connectivity index (χ1n) is 5.73. The van der Waals surface area contributed by atoms with Gasteiger partial charge in [0.05, 0.1) is 0 Å². The zero-order chi connectivity index (χ0) is 10.4. The maximum Gasteiger partial charge on any atom is 0.223 e. The van der Waals surface area contributed by atoms with Crippen LogP contribution in [0.5, 0.6) is 0 Å². The number of hydrogen-bond acceptors (Lipinski definition) is 1. The molecule has 0 saturated heterocycles. The van der Waals surface area contributed by atoms with Crippen LogP contribution in [0.1, 0.15) is 52.4 Å². The number of allylic oxidation sites excluding steroid dienone is 2. The van der Waals surface area contributed by atoms with Gasteiger partial charge in [0.2, 0.25) is 5.91 Å². The molecule has 1 rings (SSSR count). The average Bonchev–Trinajstić information content (AvgIpc) is 2.19. The first-order chi connectivity index (χ1) is 6.75. The van der Waals surface area contributed by atoms with E-state index in [1.54, 1.807) is 6.92 Å². The highest BCUT2D eigenvalue weighted by Gasteiger charge is 2.14. The molecule has 0 heterocycles. The van der Waals surface area contributed by atoms with Gasteiger partial charge in [-0.3, -0.25) is 4.79 Å². The molecule has 0 bridgehead atoms. The van der Waals surface area contributed by atoms with Crippen molar-refractivity contribution in [2.45, 2.75) is 52.4 Å². The Morgan fingerprint density at radius 3 is 2.79 bits per heavy atom. The van der Waals surface area contributed by atoms with Gasteiger partial charge < -0.3 is 4.90 Å². The van der Waals surface area contributed by atoms with Crippen LogP contribution in [-0.2, 0) is 4.79 Å². The SMILES string of the molecule is CCCCN(C(C)=O)C1=CCCCC1. The predicted octanol–water partition coefficient (Wildman–Crippen LogP) is 3.09. The predicted molar refractivity (Wildman–Crippen MR) is 58.8 cm³/mol. The summed E-state index contributed by atoms with van der Waals surface area (Å²) in [7, 11) is 0. The zero-order valence-electron chi connectivity index (χ0n) is 9.38. The molecular weight excluding hydrogens is 174 g/mol. The van der Waals surface area contributed by atoms with Gasteiger partial charge in [-0.1, -0.05) is 19.4 Å². The van der Waals surface area contributed by atoms with Gasteiger partial charge in [-0.25, -0.2) is 0 Å². The Bertz CT molecular complexity index is 220. The number of rotatable bonds is 4. The molecule has 0 unspecified atom stereocenters. The summed E-state index contributed by atoms with van der Waals surface area (Å²) in [4.78, 5) is 13.4. The lowest BCUT2D eigenvalue weighted by atomic mass is 10.0. The highest BCUT2D eigenvalue weighted by atomic mass is 16.2. The molecule has 0 aromatic rings. The second-order valence-corrected chi connectivity index (χ2v) is 3.97. The highest BCUT2D eigenvalue weighted by Crippen LogP contribution is 2.21. The average molecular weight is 195 g/mol. The normalized spacial score (nSPS) is 16.3. The van der Waals surface area contributed by atoms with Crippen molar-refractivity contribution in [1.29, 1.82) is 0 Å². The molecule has 0 aromatic heterocycles. The van der Waals surface area contributed by atoms with E-state index in [0.717, 1.165) is 32.2 Å². The smallest absolute Gasteiger partial charge is 0.223 e. The molecule has 14 heavy (non-hydrogen) atoms. The van der Waals surface area contributed by atoms with E-state index in [-0.39, 0.29) is 5.91 Å². The van der Waals surface area contributed by atoms with Gasteiger partial charge in [0, 0.05) is 19.2 Å². The summed E-state index contributed by atoms with van der Waals surface area (Å²) in [6.45, 7) is 4.73. The Hall–Kier alpha value is -0.790. The third-order valence-corrected chi connectivity index (χ3v) is 2.73. The fourth-order valence-electron chi connectivity index (χ4n) is 1.89. The van der Waals surface area contributed by atoms with Crippen molar-refractivity contribution < 1.29 is 4.79 Å². The van der Waals surface area contributed by atoms with Crippen LogP contribution in [0, 0.1) is 0 Å². The number of hydrogen-bond donors (Lipinski definition) is 0.